The van der Waals surface area contributed by atoms with E-state index in [-0.39, 0.29) is 23.8 Å². The molecule has 2 rings (SSSR count). The van der Waals surface area contributed by atoms with Crippen LogP contribution in [0.2, 0.25) is 0 Å². The van der Waals surface area contributed by atoms with Crippen molar-refractivity contribution in [2.45, 2.75) is 46.3 Å². The number of likely N-dealkylation sites (tertiary alicyclic amines) is 1. The van der Waals surface area contributed by atoms with Gasteiger partial charge in [-0.05, 0) is 52.6 Å². The summed E-state index contributed by atoms with van der Waals surface area (Å²) in [5.74, 6) is 0.456. The minimum Gasteiger partial charge on any atom is -0.393 e. The minimum absolute atomic E-state index is 0.167. The van der Waals surface area contributed by atoms with Crippen molar-refractivity contribution >= 4 is 5.78 Å². The van der Waals surface area contributed by atoms with Crippen LogP contribution >= 0.6 is 0 Å². The lowest BCUT2D eigenvalue weighted by atomic mass is 10.0. The lowest BCUT2D eigenvalue weighted by molar-refractivity contribution is 0.0924. The Morgan fingerprint density at radius 3 is 2.70 bits per heavy atom. The molecular formula is C18H30N2O3. The Balaban J connectivity index is 2.07. The number of hydrogen-bond acceptors (Lipinski definition) is 4. The molecule has 0 aliphatic carbocycles. The van der Waals surface area contributed by atoms with E-state index < -0.39 is 0 Å². The zero-order valence-electron chi connectivity index (χ0n) is 15.0. The van der Waals surface area contributed by atoms with Gasteiger partial charge in [0.25, 0.3) is 0 Å². The molecule has 1 aliphatic rings. The highest BCUT2D eigenvalue weighted by Gasteiger charge is 2.28. The van der Waals surface area contributed by atoms with Gasteiger partial charge in [0.2, 0.25) is 0 Å². The third-order valence-electron chi connectivity index (χ3n) is 4.99. The molecule has 2 heterocycles. The first-order valence-electron chi connectivity index (χ1n) is 8.46. The molecule has 130 valence electrons. The predicted molar refractivity (Wildman–Crippen MR) is 91.1 cm³/mol. The Kier molecular flexibility index (Phi) is 6.00. The molecule has 1 N–H and O–H groups in total. The molecule has 0 amide bonds. The van der Waals surface area contributed by atoms with Crippen LogP contribution < -0.4 is 0 Å². The lowest BCUT2D eigenvalue weighted by Crippen LogP contribution is -2.29. The molecule has 3 unspecified atom stereocenters. The Morgan fingerprint density at radius 1 is 1.43 bits per heavy atom. The molecule has 0 spiro atoms. The molecule has 0 radical (unpaired) electrons. The lowest BCUT2D eigenvalue weighted by Gasteiger charge is -2.18. The first kappa shape index (κ1) is 18.2. The van der Waals surface area contributed by atoms with E-state index >= 15 is 0 Å². The molecule has 0 saturated carbocycles. The van der Waals surface area contributed by atoms with Gasteiger partial charge in [-0.25, -0.2) is 0 Å². The van der Waals surface area contributed by atoms with Crippen LogP contribution in [0.25, 0.3) is 0 Å². The van der Waals surface area contributed by atoms with E-state index in [2.05, 4.69) is 16.4 Å². The fourth-order valence-electron chi connectivity index (χ4n) is 3.74. The van der Waals surface area contributed by atoms with Crippen LogP contribution in [0, 0.1) is 19.8 Å². The van der Waals surface area contributed by atoms with Crippen LogP contribution in [-0.4, -0.2) is 59.8 Å². The van der Waals surface area contributed by atoms with Crippen LogP contribution in [0.15, 0.2) is 6.07 Å². The zero-order valence-corrected chi connectivity index (χ0v) is 15.0. The highest BCUT2D eigenvalue weighted by Crippen LogP contribution is 2.23. The number of aryl methyl sites for hydroxylation is 1. The van der Waals surface area contributed by atoms with Crippen molar-refractivity contribution in [2.24, 2.45) is 5.92 Å². The number of aliphatic hydroxyl groups is 1. The van der Waals surface area contributed by atoms with Gasteiger partial charge < -0.3 is 14.4 Å². The summed E-state index contributed by atoms with van der Waals surface area (Å²) in [5.41, 5.74) is 2.92. The van der Waals surface area contributed by atoms with Crippen molar-refractivity contribution in [2.75, 3.05) is 33.4 Å². The van der Waals surface area contributed by atoms with Crippen LogP contribution in [0.5, 0.6) is 0 Å². The summed E-state index contributed by atoms with van der Waals surface area (Å²) >= 11 is 0. The smallest absolute Gasteiger partial charge is 0.178 e. The molecule has 1 saturated heterocycles. The Labute approximate surface area is 139 Å². The molecule has 1 aromatic rings. The number of aromatic nitrogens is 1. The maximum Gasteiger partial charge on any atom is 0.178 e. The Hall–Kier alpha value is -1.17. The summed E-state index contributed by atoms with van der Waals surface area (Å²) in [4.78, 5) is 14.9. The van der Waals surface area contributed by atoms with E-state index in [9.17, 15) is 9.90 Å². The van der Waals surface area contributed by atoms with Crippen LogP contribution in [-0.2, 0) is 4.74 Å². The quantitative estimate of drug-likeness (QED) is 0.782. The molecule has 3 atom stereocenters. The average molecular weight is 322 g/mol. The number of carbonyl (C=O) groups is 1. The number of Topliss-reactive ketones (excluding diaryl/α,β-unsaturated/α-hetero) is 1. The van der Waals surface area contributed by atoms with Gasteiger partial charge in [-0.2, -0.15) is 0 Å². The van der Waals surface area contributed by atoms with E-state index in [1.807, 2.05) is 26.8 Å². The fraction of sp³-hybridized carbons (Fsp3) is 0.722. The molecule has 0 aromatic carbocycles. The molecule has 1 aromatic heterocycles. The van der Waals surface area contributed by atoms with Gasteiger partial charge in [-0.15, -0.1) is 0 Å². The first-order valence-corrected chi connectivity index (χ1v) is 8.46. The topological polar surface area (TPSA) is 54.7 Å². The van der Waals surface area contributed by atoms with E-state index in [0.29, 0.717) is 13.2 Å². The number of ketones is 1. The normalized spacial score (nSPS) is 21.6. The molecular weight excluding hydrogens is 292 g/mol. The van der Waals surface area contributed by atoms with Crippen molar-refractivity contribution < 1.29 is 14.6 Å². The number of nitrogens with zero attached hydrogens (tertiary/aromatic N) is 2. The number of hydrogen-bond donors (Lipinski definition) is 1. The summed E-state index contributed by atoms with van der Waals surface area (Å²) in [6.07, 6.45) is 0.671. The second-order valence-electron chi connectivity index (χ2n) is 6.91. The van der Waals surface area contributed by atoms with Crippen molar-refractivity contribution in [1.29, 1.82) is 0 Å². The fourth-order valence-corrected chi connectivity index (χ4v) is 3.74. The molecule has 1 fully saturated rings. The largest absolute Gasteiger partial charge is 0.393 e. The molecule has 5 nitrogen and oxygen atoms in total. The van der Waals surface area contributed by atoms with Crippen molar-refractivity contribution in [3.05, 3.63) is 23.0 Å². The van der Waals surface area contributed by atoms with Crippen molar-refractivity contribution in [3.8, 4) is 0 Å². The van der Waals surface area contributed by atoms with Gasteiger partial charge in [0.15, 0.2) is 5.78 Å². The average Bonchev–Trinajstić information content (AvgIpc) is 3.04. The number of methoxy groups -OCH3 is 1. The molecule has 5 heteroatoms. The first-order chi connectivity index (χ1) is 10.8. The monoisotopic (exact) mass is 322 g/mol. The Bertz CT molecular complexity index is 551. The molecule has 0 bridgehead atoms. The highest BCUT2D eigenvalue weighted by molar-refractivity contribution is 5.99. The summed E-state index contributed by atoms with van der Waals surface area (Å²) in [7, 11) is 1.70. The van der Waals surface area contributed by atoms with Crippen molar-refractivity contribution in [1.82, 2.24) is 9.47 Å². The number of aliphatic hydroxyl groups excluding tert-OH is 1. The van der Waals surface area contributed by atoms with Gasteiger partial charge in [0.05, 0.1) is 25.3 Å². The second-order valence-corrected chi connectivity index (χ2v) is 6.91. The standard InChI is InChI=1S/C18H30N2O3/c1-12-8-17(14(3)20(12)13(2)11-23-5)18(22)10-19-7-6-16(9-19)15(4)21/h8,13,15-16,21H,6-7,9-11H2,1-5H3. The third kappa shape index (κ3) is 4.03. The van der Waals surface area contributed by atoms with Gasteiger partial charge in [-0.1, -0.05) is 0 Å². The third-order valence-corrected chi connectivity index (χ3v) is 4.99. The van der Waals surface area contributed by atoms with Gasteiger partial charge in [-0.3, -0.25) is 9.69 Å². The van der Waals surface area contributed by atoms with Gasteiger partial charge in [0, 0.05) is 30.6 Å². The number of carbonyl (C=O) groups excluding carboxylic acids is 1. The summed E-state index contributed by atoms with van der Waals surface area (Å²) in [6, 6.07) is 2.21. The second kappa shape index (κ2) is 7.60. The van der Waals surface area contributed by atoms with Gasteiger partial charge in [0.1, 0.15) is 0 Å². The maximum absolute atomic E-state index is 12.7. The van der Waals surface area contributed by atoms with Crippen molar-refractivity contribution in [3.63, 3.8) is 0 Å². The zero-order chi connectivity index (χ0) is 17.1. The maximum atomic E-state index is 12.7. The minimum atomic E-state index is -0.296. The van der Waals surface area contributed by atoms with E-state index in [4.69, 9.17) is 4.74 Å². The van der Waals surface area contributed by atoms with Gasteiger partial charge >= 0.3 is 0 Å². The summed E-state index contributed by atoms with van der Waals surface area (Å²) < 4.78 is 7.42. The summed E-state index contributed by atoms with van der Waals surface area (Å²) in [6.45, 7) is 10.7. The SMILES string of the molecule is COCC(C)n1c(C)cc(C(=O)CN2CCC(C(C)O)C2)c1C. The number of ether oxygens (including phenoxy) is 1. The molecule has 23 heavy (non-hydrogen) atoms. The van der Waals surface area contributed by atoms with E-state index in [1.165, 1.54) is 0 Å². The summed E-state index contributed by atoms with van der Waals surface area (Å²) in [5, 5.41) is 9.69. The Morgan fingerprint density at radius 2 is 2.13 bits per heavy atom. The van der Waals surface area contributed by atoms with Crippen LogP contribution in [0.3, 0.4) is 0 Å². The van der Waals surface area contributed by atoms with Crippen LogP contribution in [0.1, 0.15) is 48.1 Å². The van der Waals surface area contributed by atoms with E-state index in [0.717, 1.165) is 36.5 Å². The predicted octanol–water partition coefficient (Wildman–Crippen LogP) is 2.20. The highest BCUT2D eigenvalue weighted by atomic mass is 16.5. The molecule has 1 aliphatic heterocycles. The van der Waals surface area contributed by atoms with Crippen LogP contribution in [0.4, 0.5) is 0 Å². The number of rotatable bonds is 7. The van der Waals surface area contributed by atoms with E-state index in [1.54, 1.807) is 7.11 Å².